The van der Waals surface area contributed by atoms with Crippen molar-refractivity contribution in [3.8, 4) is 0 Å². The van der Waals surface area contributed by atoms with Gasteiger partial charge in [0.1, 0.15) is 0 Å². The molecule has 5 heteroatoms. The van der Waals surface area contributed by atoms with Crippen molar-refractivity contribution in [3.05, 3.63) is 29.6 Å². The first-order chi connectivity index (χ1) is 8.56. The van der Waals surface area contributed by atoms with Crippen LogP contribution in [0.2, 0.25) is 0 Å². The Morgan fingerprint density at radius 3 is 2.83 bits per heavy atom. The summed E-state index contributed by atoms with van der Waals surface area (Å²) in [6, 6.07) is -0.0575. The Hall–Kier alpha value is -1.62. The van der Waals surface area contributed by atoms with Gasteiger partial charge < -0.3 is 9.64 Å². The third kappa shape index (κ3) is 2.06. The SMILES string of the molecule is C=CC(=O)N1CCOCC1c1c(C)nn(C)c1C. The number of ether oxygens (including phenoxy) is 1. The molecule has 1 aromatic heterocycles. The molecule has 0 aliphatic carbocycles. The van der Waals surface area contributed by atoms with E-state index in [1.807, 2.05) is 30.5 Å². The third-order valence-electron chi connectivity index (χ3n) is 3.48. The van der Waals surface area contributed by atoms with E-state index < -0.39 is 0 Å². The van der Waals surface area contributed by atoms with Crippen molar-refractivity contribution >= 4 is 5.91 Å². The lowest BCUT2D eigenvalue weighted by atomic mass is 10.0. The molecule has 1 saturated heterocycles. The quantitative estimate of drug-likeness (QED) is 0.738. The van der Waals surface area contributed by atoms with Gasteiger partial charge in [-0.25, -0.2) is 0 Å². The van der Waals surface area contributed by atoms with Crippen LogP contribution in [0.1, 0.15) is 23.0 Å². The molecule has 1 unspecified atom stereocenters. The standard InChI is InChI=1S/C13H19N3O2/c1-5-12(17)16-6-7-18-8-11(16)13-9(2)14-15(4)10(13)3/h5,11H,1,6-8H2,2-4H3. The van der Waals surface area contributed by atoms with Crippen LogP contribution in [0.25, 0.3) is 0 Å². The second kappa shape index (κ2) is 4.94. The number of aromatic nitrogens is 2. The second-order valence-electron chi connectivity index (χ2n) is 4.53. The first-order valence-electron chi connectivity index (χ1n) is 6.07. The summed E-state index contributed by atoms with van der Waals surface area (Å²) < 4.78 is 7.36. The monoisotopic (exact) mass is 249 g/mol. The van der Waals surface area contributed by atoms with E-state index in [1.165, 1.54) is 6.08 Å². The van der Waals surface area contributed by atoms with Crippen LogP contribution in [0.5, 0.6) is 0 Å². The molecule has 2 rings (SSSR count). The number of aryl methyl sites for hydroxylation is 2. The summed E-state index contributed by atoms with van der Waals surface area (Å²) in [6.45, 7) is 9.24. The molecule has 0 N–H and O–H groups in total. The molecule has 1 amide bonds. The number of hydrogen-bond donors (Lipinski definition) is 0. The molecule has 0 radical (unpaired) electrons. The Bertz CT molecular complexity index is 479. The highest BCUT2D eigenvalue weighted by Gasteiger charge is 2.31. The van der Waals surface area contributed by atoms with Crippen molar-refractivity contribution in [2.45, 2.75) is 19.9 Å². The summed E-state index contributed by atoms with van der Waals surface area (Å²) in [5.41, 5.74) is 3.12. The molecular weight excluding hydrogens is 230 g/mol. The molecule has 1 fully saturated rings. The number of rotatable bonds is 2. The van der Waals surface area contributed by atoms with Crippen molar-refractivity contribution in [1.29, 1.82) is 0 Å². The van der Waals surface area contributed by atoms with Gasteiger partial charge in [0, 0.05) is 24.8 Å². The van der Waals surface area contributed by atoms with Gasteiger partial charge >= 0.3 is 0 Å². The van der Waals surface area contributed by atoms with Crippen molar-refractivity contribution in [3.63, 3.8) is 0 Å². The van der Waals surface area contributed by atoms with E-state index in [2.05, 4.69) is 11.7 Å². The van der Waals surface area contributed by atoms with Gasteiger partial charge in [0.05, 0.1) is 24.9 Å². The summed E-state index contributed by atoms with van der Waals surface area (Å²) in [7, 11) is 1.91. The Balaban J connectivity index is 2.39. The predicted octanol–water partition coefficient (Wildman–Crippen LogP) is 1.12. The van der Waals surface area contributed by atoms with Crippen LogP contribution in [0.4, 0.5) is 0 Å². The minimum Gasteiger partial charge on any atom is -0.377 e. The highest BCUT2D eigenvalue weighted by Crippen LogP contribution is 2.29. The average molecular weight is 249 g/mol. The molecule has 1 aliphatic rings. The average Bonchev–Trinajstić information content (AvgIpc) is 2.62. The normalized spacial score (nSPS) is 19.9. The summed E-state index contributed by atoms with van der Waals surface area (Å²) >= 11 is 0. The minimum absolute atomic E-state index is 0.0500. The molecule has 98 valence electrons. The topological polar surface area (TPSA) is 47.4 Å². The fourth-order valence-electron chi connectivity index (χ4n) is 2.50. The van der Waals surface area contributed by atoms with E-state index in [0.717, 1.165) is 17.0 Å². The van der Waals surface area contributed by atoms with Gasteiger partial charge in [-0.15, -0.1) is 0 Å². The Labute approximate surface area is 107 Å². The number of morpholine rings is 1. The van der Waals surface area contributed by atoms with E-state index >= 15 is 0 Å². The van der Waals surface area contributed by atoms with Crippen LogP contribution >= 0.6 is 0 Å². The maximum absolute atomic E-state index is 11.9. The van der Waals surface area contributed by atoms with Crippen molar-refractivity contribution in [2.24, 2.45) is 7.05 Å². The summed E-state index contributed by atoms with van der Waals surface area (Å²) in [6.07, 6.45) is 1.36. The summed E-state index contributed by atoms with van der Waals surface area (Å²) in [5.74, 6) is -0.0500. The summed E-state index contributed by atoms with van der Waals surface area (Å²) in [5, 5.41) is 4.40. The first kappa shape index (κ1) is 12.8. The fourth-order valence-corrected chi connectivity index (χ4v) is 2.50. The van der Waals surface area contributed by atoms with Crippen LogP contribution in [-0.4, -0.2) is 40.3 Å². The van der Waals surface area contributed by atoms with E-state index in [0.29, 0.717) is 19.8 Å². The molecular formula is C13H19N3O2. The first-order valence-corrected chi connectivity index (χ1v) is 6.07. The van der Waals surface area contributed by atoms with Gasteiger partial charge in [0.2, 0.25) is 5.91 Å². The van der Waals surface area contributed by atoms with Gasteiger partial charge in [-0.3, -0.25) is 9.48 Å². The highest BCUT2D eigenvalue weighted by molar-refractivity contribution is 5.87. The van der Waals surface area contributed by atoms with Crippen LogP contribution in [0, 0.1) is 13.8 Å². The molecule has 0 saturated carbocycles. The zero-order valence-corrected chi connectivity index (χ0v) is 11.1. The predicted molar refractivity (Wildman–Crippen MR) is 68.2 cm³/mol. The van der Waals surface area contributed by atoms with Gasteiger partial charge in [-0.1, -0.05) is 6.58 Å². The zero-order chi connectivity index (χ0) is 13.3. The largest absolute Gasteiger partial charge is 0.377 e. The third-order valence-corrected chi connectivity index (χ3v) is 3.48. The molecule has 1 aromatic rings. The maximum atomic E-state index is 11.9. The van der Waals surface area contributed by atoms with E-state index in [9.17, 15) is 4.79 Å². The van der Waals surface area contributed by atoms with Crippen molar-refractivity contribution in [2.75, 3.05) is 19.8 Å². The Morgan fingerprint density at radius 1 is 1.56 bits per heavy atom. The van der Waals surface area contributed by atoms with Crippen LogP contribution in [-0.2, 0) is 16.6 Å². The smallest absolute Gasteiger partial charge is 0.246 e. The van der Waals surface area contributed by atoms with E-state index in [1.54, 1.807) is 0 Å². The molecule has 1 atom stereocenters. The number of hydrogen-bond acceptors (Lipinski definition) is 3. The van der Waals surface area contributed by atoms with Gasteiger partial charge in [0.15, 0.2) is 0 Å². The minimum atomic E-state index is -0.0575. The van der Waals surface area contributed by atoms with Gasteiger partial charge in [0.25, 0.3) is 0 Å². The van der Waals surface area contributed by atoms with Crippen LogP contribution < -0.4 is 0 Å². The van der Waals surface area contributed by atoms with Crippen LogP contribution in [0.3, 0.4) is 0 Å². The maximum Gasteiger partial charge on any atom is 0.246 e. The molecule has 5 nitrogen and oxygen atoms in total. The Kier molecular flexibility index (Phi) is 3.52. The molecule has 0 aromatic carbocycles. The Morgan fingerprint density at radius 2 is 2.28 bits per heavy atom. The lowest BCUT2D eigenvalue weighted by molar-refractivity contribution is -0.134. The second-order valence-corrected chi connectivity index (χ2v) is 4.53. The molecule has 0 spiro atoms. The van der Waals surface area contributed by atoms with Crippen LogP contribution in [0.15, 0.2) is 12.7 Å². The van der Waals surface area contributed by atoms with Gasteiger partial charge in [-0.05, 0) is 19.9 Å². The molecule has 0 bridgehead atoms. The number of nitrogens with zero attached hydrogens (tertiary/aromatic N) is 3. The highest BCUT2D eigenvalue weighted by atomic mass is 16.5. The number of carbonyl (C=O) groups excluding carboxylic acids is 1. The van der Waals surface area contributed by atoms with E-state index in [4.69, 9.17) is 4.74 Å². The van der Waals surface area contributed by atoms with Gasteiger partial charge in [-0.2, -0.15) is 5.10 Å². The number of amides is 1. The summed E-state index contributed by atoms with van der Waals surface area (Å²) in [4.78, 5) is 13.7. The van der Waals surface area contributed by atoms with Crippen molar-refractivity contribution < 1.29 is 9.53 Å². The molecule has 1 aliphatic heterocycles. The molecule has 2 heterocycles. The van der Waals surface area contributed by atoms with E-state index in [-0.39, 0.29) is 11.9 Å². The number of carbonyl (C=O) groups is 1. The lowest BCUT2D eigenvalue weighted by Gasteiger charge is -2.35. The lowest BCUT2D eigenvalue weighted by Crippen LogP contribution is -2.43. The van der Waals surface area contributed by atoms with Crippen molar-refractivity contribution in [1.82, 2.24) is 14.7 Å². The fraction of sp³-hybridized carbons (Fsp3) is 0.538. The zero-order valence-electron chi connectivity index (χ0n) is 11.1. The molecule has 18 heavy (non-hydrogen) atoms.